The zero-order valence-corrected chi connectivity index (χ0v) is 15.7. The fourth-order valence-corrected chi connectivity index (χ4v) is 2.43. The van der Waals surface area contributed by atoms with E-state index < -0.39 is 62.1 Å². The van der Waals surface area contributed by atoms with Gasteiger partial charge in [0.1, 0.15) is 17.1 Å². The van der Waals surface area contributed by atoms with Crippen LogP contribution in [0.5, 0.6) is 0 Å². The van der Waals surface area contributed by atoms with Crippen LogP contribution in [0.25, 0.3) is 5.76 Å². The maximum absolute atomic E-state index is 14.2. The standard InChI is InChI=1S/C18H11BrF5NO3/c1-2-28-18(27)10(7-25-13-4-3-8(20)5-11(13)21)17(26)9-6-12(22)16(24)14(19)15(9)23/h3-7,26H,2H2,1H3. The molecule has 0 radical (unpaired) electrons. The summed E-state index contributed by atoms with van der Waals surface area (Å²) in [5.74, 6) is -8.67. The van der Waals surface area contributed by atoms with Crippen LogP contribution in [0.2, 0.25) is 0 Å². The normalized spacial score (nSPS) is 12.2. The predicted octanol–water partition coefficient (Wildman–Crippen LogP) is 5.38. The van der Waals surface area contributed by atoms with Crippen LogP contribution in [0.3, 0.4) is 0 Å². The molecule has 0 amide bonds. The lowest BCUT2D eigenvalue weighted by atomic mass is 10.1. The summed E-state index contributed by atoms with van der Waals surface area (Å²) in [6, 6.07) is 2.72. The van der Waals surface area contributed by atoms with Gasteiger partial charge in [0.15, 0.2) is 23.3 Å². The van der Waals surface area contributed by atoms with E-state index in [0.717, 1.165) is 12.1 Å². The molecule has 1 N–H and O–H groups in total. The fourth-order valence-electron chi connectivity index (χ4n) is 2.03. The number of aliphatic imine (C=N–C) groups is 1. The van der Waals surface area contributed by atoms with Gasteiger partial charge in [-0.1, -0.05) is 0 Å². The minimum atomic E-state index is -1.53. The zero-order valence-electron chi connectivity index (χ0n) is 14.1. The van der Waals surface area contributed by atoms with E-state index in [1.54, 1.807) is 0 Å². The molecule has 0 atom stereocenters. The second-order valence-electron chi connectivity index (χ2n) is 5.18. The monoisotopic (exact) mass is 463 g/mol. The van der Waals surface area contributed by atoms with Crippen molar-refractivity contribution in [3.63, 3.8) is 0 Å². The number of hydrogen-bond acceptors (Lipinski definition) is 4. The van der Waals surface area contributed by atoms with Gasteiger partial charge in [-0.25, -0.2) is 26.7 Å². The quantitative estimate of drug-likeness (QED) is 0.123. The van der Waals surface area contributed by atoms with Gasteiger partial charge in [0.2, 0.25) is 0 Å². The number of esters is 1. The number of carbonyl (C=O) groups excluding carboxylic acids is 1. The molecule has 0 saturated carbocycles. The summed E-state index contributed by atoms with van der Waals surface area (Å²) in [5.41, 5.74) is -2.02. The van der Waals surface area contributed by atoms with Gasteiger partial charge in [-0.15, -0.1) is 0 Å². The molecule has 0 aliphatic carbocycles. The van der Waals surface area contributed by atoms with Gasteiger partial charge in [0.25, 0.3) is 0 Å². The molecule has 0 bridgehead atoms. The topological polar surface area (TPSA) is 58.9 Å². The number of benzene rings is 2. The van der Waals surface area contributed by atoms with Crippen LogP contribution in [-0.2, 0) is 9.53 Å². The Kier molecular flexibility index (Phi) is 6.90. The molecular formula is C18H11BrF5NO3. The third-order valence-electron chi connectivity index (χ3n) is 3.35. The minimum absolute atomic E-state index is 0.141. The van der Waals surface area contributed by atoms with E-state index in [1.807, 2.05) is 0 Å². The Bertz CT molecular complexity index is 992. The highest BCUT2D eigenvalue weighted by molar-refractivity contribution is 9.10. The largest absolute Gasteiger partial charge is 0.506 e. The Morgan fingerprint density at radius 1 is 1.14 bits per heavy atom. The lowest BCUT2D eigenvalue weighted by Gasteiger charge is -2.10. The zero-order chi connectivity index (χ0) is 21.0. The Hall–Kier alpha value is -2.75. The number of carbonyl (C=O) groups is 1. The highest BCUT2D eigenvalue weighted by Crippen LogP contribution is 2.30. The van der Waals surface area contributed by atoms with Crippen molar-refractivity contribution in [2.75, 3.05) is 6.61 Å². The molecule has 2 rings (SSSR count). The van der Waals surface area contributed by atoms with E-state index in [9.17, 15) is 31.9 Å². The molecule has 2 aromatic rings. The van der Waals surface area contributed by atoms with E-state index in [1.165, 1.54) is 6.92 Å². The van der Waals surface area contributed by atoms with Crippen molar-refractivity contribution in [1.82, 2.24) is 0 Å². The number of halogens is 6. The molecule has 10 heteroatoms. The molecule has 28 heavy (non-hydrogen) atoms. The average molecular weight is 464 g/mol. The van der Waals surface area contributed by atoms with Gasteiger partial charge < -0.3 is 9.84 Å². The molecule has 0 spiro atoms. The number of hydrogen-bond donors (Lipinski definition) is 1. The van der Waals surface area contributed by atoms with E-state index in [4.69, 9.17) is 4.74 Å². The Labute approximate surface area is 164 Å². The lowest BCUT2D eigenvalue weighted by Crippen LogP contribution is -2.12. The first-order valence-corrected chi connectivity index (χ1v) is 8.39. The van der Waals surface area contributed by atoms with Gasteiger partial charge in [0, 0.05) is 12.3 Å². The third kappa shape index (κ3) is 4.56. The molecule has 0 fully saturated rings. The minimum Gasteiger partial charge on any atom is -0.506 e. The first kappa shape index (κ1) is 21.5. The molecule has 0 unspecified atom stereocenters. The number of nitrogens with zero attached hydrogens (tertiary/aromatic N) is 1. The number of aliphatic hydroxyl groups excluding tert-OH is 1. The molecule has 0 aliphatic heterocycles. The molecule has 0 aliphatic rings. The van der Waals surface area contributed by atoms with Crippen molar-refractivity contribution < 1.29 is 36.6 Å². The van der Waals surface area contributed by atoms with Gasteiger partial charge in [-0.3, -0.25) is 4.99 Å². The van der Waals surface area contributed by atoms with Crippen molar-refractivity contribution in [2.24, 2.45) is 4.99 Å². The molecule has 2 aromatic carbocycles. The molecule has 0 heterocycles. The summed E-state index contributed by atoms with van der Waals surface area (Å²) in [6.45, 7) is 1.30. The van der Waals surface area contributed by atoms with E-state index in [-0.39, 0.29) is 6.61 Å². The second kappa shape index (κ2) is 8.96. The summed E-state index contributed by atoms with van der Waals surface area (Å²) >= 11 is 2.50. The van der Waals surface area contributed by atoms with Crippen molar-refractivity contribution in [3.05, 3.63) is 69.0 Å². The van der Waals surface area contributed by atoms with Gasteiger partial charge in [-0.2, -0.15) is 0 Å². The molecule has 4 nitrogen and oxygen atoms in total. The summed E-state index contributed by atoms with van der Waals surface area (Å²) in [4.78, 5) is 15.7. The van der Waals surface area contributed by atoms with Gasteiger partial charge in [-0.05, 0) is 41.1 Å². The maximum atomic E-state index is 14.2. The summed E-state index contributed by atoms with van der Waals surface area (Å²) in [5, 5.41) is 10.3. The Balaban J connectivity index is 2.62. The van der Waals surface area contributed by atoms with Crippen LogP contribution < -0.4 is 0 Å². The van der Waals surface area contributed by atoms with Crippen molar-refractivity contribution in [2.45, 2.75) is 6.92 Å². The highest BCUT2D eigenvalue weighted by atomic mass is 79.9. The van der Waals surface area contributed by atoms with Crippen LogP contribution in [0, 0.1) is 29.1 Å². The Morgan fingerprint density at radius 3 is 2.43 bits per heavy atom. The van der Waals surface area contributed by atoms with E-state index in [2.05, 4.69) is 20.9 Å². The van der Waals surface area contributed by atoms with Crippen LogP contribution in [0.4, 0.5) is 27.6 Å². The average Bonchev–Trinajstić information content (AvgIpc) is 2.64. The lowest BCUT2D eigenvalue weighted by molar-refractivity contribution is -0.137. The SMILES string of the molecule is CCOC(=O)C(C=Nc1ccc(F)cc1F)=C(O)c1cc(F)c(F)c(Br)c1F. The maximum Gasteiger partial charge on any atom is 0.343 e. The van der Waals surface area contributed by atoms with Crippen molar-refractivity contribution in [1.29, 1.82) is 0 Å². The fraction of sp³-hybridized carbons (Fsp3) is 0.111. The smallest absolute Gasteiger partial charge is 0.343 e. The van der Waals surface area contributed by atoms with Crippen LogP contribution in [0.1, 0.15) is 12.5 Å². The predicted molar refractivity (Wildman–Crippen MR) is 94.7 cm³/mol. The second-order valence-corrected chi connectivity index (χ2v) is 5.98. The first-order valence-electron chi connectivity index (χ1n) is 7.60. The van der Waals surface area contributed by atoms with Crippen LogP contribution >= 0.6 is 15.9 Å². The van der Waals surface area contributed by atoms with Crippen molar-refractivity contribution in [3.8, 4) is 0 Å². The summed E-state index contributed by atoms with van der Waals surface area (Å²) in [6.07, 6.45) is 0.637. The van der Waals surface area contributed by atoms with E-state index in [0.29, 0.717) is 18.3 Å². The van der Waals surface area contributed by atoms with E-state index >= 15 is 0 Å². The van der Waals surface area contributed by atoms with Crippen LogP contribution in [0.15, 0.2) is 39.3 Å². The molecule has 0 aromatic heterocycles. The highest BCUT2D eigenvalue weighted by Gasteiger charge is 2.24. The molecule has 148 valence electrons. The molecular weight excluding hydrogens is 453 g/mol. The van der Waals surface area contributed by atoms with Crippen molar-refractivity contribution >= 4 is 39.6 Å². The van der Waals surface area contributed by atoms with Crippen LogP contribution in [-0.4, -0.2) is 23.9 Å². The van der Waals surface area contributed by atoms with Gasteiger partial charge >= 0.3 is 5.97 Å². The summed E-state index contributed by atoms with van der Waals surface area (Å²) < 4.78 is 71.7. The summed E-state index contributed by atoms with van der Waals surface area (Å²) in [7, 11) is 0. The Morgan fingerprint density at radius 2 is 1.82 bits per heavy atom. The number of ether oxygens (including phenoxy) is 1. The third-order valence-corrected chi connectivity index (χ3v) is 4.05. The number of aliphatic hydroxyl groups is 1. The number of rotatable bonds is 5. The molecule has 0 saturated heterocycles. The first-order chi connectivity index (χ1) is 13.2. The van der Waals surface area contributed by atoms with Gasteiger partial charge in [0.05, 0.1) is 22.3 Å².